The normalized spacial score (nSPS) is 11.4. The van der Waals surface area contributed by atoms with Gasteiger partial charge in [-0.25, -0.2) is 4.98 Å². The molecule has 0 unspecified atom stereocenters. The lowest BCUT2D eigenvalue weighted by atomic mass is 10.1. The number of pyridine rings is 1. The van der Waals surface area contributed by atoms with Crippen LogP contribution in [0.2, 0.25) is 5.15 Å². The van der Waals surface area contributed by atoms with Gasteiger partial charge in [0.2, 0.25) is 0 Å². The van der Waals surface area contributed by atoms with Crippen LogP contribution in [0.25, 0.3) is 10.9 Å². The van der Waals surface area contributed by atoms with Gasteiger partial charge in [0, 0.05) is 5.39 Å². The predicted molar refractivity (Wildman–Crippen MR) is 78.4 cm³/mol. The third-order valence-corrected chi connectivity index (χ3v) is 3.38. The van der Waals surface area contributed by atoms with Crippen LogP contribution in [0.1, 0.15) is 17.5 Å². The number of hydrogen-bond acceptors (Lipinski definition) is 2. The summed E-state index contributed by atoms with van der Waals surface area (Å²) in [6, 6.07) is 8.43. The number of aromatic nitrogens is 1. The molecule has 0 aliphatic carbocycles. The highest BCUT2D eigenvalue weighted by atomic mass is 35.5. The Balaban J connectivity index is 2.24. The zero-order chi connectivity index (χ0) is 13.1. The maximum Gasteiger partial charge on any atom is 0.132 e. The molecule has 0 radical (unpaired) electrons. The van der Waals surface area contributed by atoms with E-state index in [1.165, 1.54) is 10.9 Å². The number of rotatable bonds is 4. The summed E-state index contributed by atoms with van der Waals surface area (Å²) in [5.74, 6) is 0. The van der Waals surface area contributed by atoms with Gasteiger partial charge in [0.1, 0.15) is 5.15 Å². The summed E-state index contributed by atoms with van der Waals surface area (Å²) in [5, 5.41) is 1.82. The van der Waals surface area contributed by atoms with E-state index >= 15 is 0 Å². The molecule has 0 saturated heterocycles. The Bertz CT molecular complexity index is 549. The fourth-order valence-electron chi connectivity index (χ4n) is 2.08. The Kier molecular flexibility index (Phi) is 4.20. The van der Waals surface area contributed by atoms with Crippen LogP contribution in [-0.2, 0) is 6.42 Å². The molecule has 0 bridgehead atoms. The predicted octanol–water partition coefficient (Wildman–Crippen LogP) is 3.69. The van der Waals surface area contributed by atoms with Crippen LogP contribution in [0.5, 0.6) is 0 Å². The van der Waals surface area contributed by atoms with Crippen LogP contribution >= 0.6 is 11.6 Å². The molecule has 0 N–H and O–H groups in total. The molecule has 0 saturated carbocycles. The van der Waals surface area contributed by atoms with Crippen molar-refractivity contribution in [1.82, 2.24) is 9.88 Å². The Morgan fingerprint density at radius 1 is 1.22 bits per heavy atom. The maximum absolute atomic E-state index is 6.23. The van der Waals surface area contributed by atoms with E-state index in [-0.39, 0.29) is 0 Å². The Morgan fingerprint density at radius 3 is 2.72 bits per heavy atom. The number of nitrogens with zero attached hydrogens (tertiary/aromatic N) is 2. The summed E-state index contributed by atoms with van der Waals surface area (Å²) >= 11 is 6.23. The number of hydrogen-bond donors (Lipinski definition) is 0. The first kappa shape index (κ1) is 13.3. The average Bonchev–Trinajstić information content (AvgIpc) is 2.30. The smallest absolute Gasteiger partial charge is 0.132 e. The molecule has 2 rings (SSSR count). The molecule has 0 aliphatic heterocycles. The minimum atomic E-state index is 0.644. The molecule has 3 heteroatoms. The van der Waals surface area contributed by atoms with Gasteiger partial charge in [0.25, 0.3) is 0 Å². The largest absolute Gasteiger partial charge is 0.309 e. The average molecular weight is 263 g/mol. The molecule has 0 aliphatic rings. The summed E-state index contributed by atoms with van der Waals surface area (Å²) in [5.41, 5.74) is 3.38. The first-order valence-corrected chi connectivity index (χ1v) is 6.64. The monoisotopic (exact) mass is 262 g/mol. The molecule has 0 amide bonds. The van der Waals surface area contributed by atoms with Crippen LogP contribution in [0.15, 0.2) is 24.3 Å². The van der Waals surface area contributed by atoms with Crippen LogP contribution in [0.3, 0.4) is 0 Å². The van der Waals surface area contributed by atoms with Crippen molar-refractivity contribution in [3.8, 4) is 0 Å². The second-order valence-corrected chi connectivity index (χ2v) is 5.40. The third-order valence-electron chi connectivity index (χ3n) is 3.05. The lowest BCUT2D eigenvalue weighted by Crippen LogP contribution is -2.13. The molecular weight excluding hydrogens is 244 g/mol. The van der Waals surface area contributed by atoms with Crippen molar-refractivity contribution in [2.24, 2.45) is 0 Å². The SMILES string of the molecule is Cc1ccc2nc(Cl)c(CCCN(C)C)cc2c1. The molecule has 1 heterocycles. The first-order chi connectivity index (χ1) is 8.56. The van der Waals surface area contributed by atoms with Crippen LogP contribution in [-0.4, -0.2) is 30.5 Å². The highest BCUT2D eigenvalue weighted by Gasteiger charge is 2.05. The molecule has 1 aromatic carbocycles. The fourth-order valence-corrected chi connectivity index (χ4v) is 2.32. The lowest BCUT2D eigenvalue weighted by molar-refractivity contribution is 0.400. The van der Waals surface area contributed by atoms with Crippen LogP contribution in [0, 0.1) is 6.92 Å². The van der Waals surface area contributed by atoms with E-state index in [4.69, 9.17) is 11.6 Å². The fraction of sp³-hybridized carbons (Fsp3) is 0.400. The first-order valence-electron chi connectivity index (χ1n) is 6.27. The van der Waals surface area contributed by atoms with E-state index in [9.17, 15) is 0 Å². The molecule has 1 aromatic heterocycles. The highest BCUT2D eigenvalue weighted by molar-refractivity contribution is 6.30. The molecule has 2 aromatic rings. The van der Waals surface area contributed by atoms with Gasteiger partial charge in [0.05, 0.1) is 5.52 Å². The minimum absolute atomic E-state index is 0.644. The van der Waals surface area contributed by atoms with Crippen LogP contribution in [0.4, 0.5) is 0 Å². The van der Waals surface area contributed by atoms with Crippen molar-refractivity contribution in [1.29, 1.82) is 0 Å². The van der Waals surface area contributed by atoms with E-state index in [0.29, 0.717) is 5.15 Å². The quantitative estimate of drug-likeness (QED) is 0.782. The van der Waals surface area contributed by atoms with E-state index in [0.717, 1.165) is 30.5 Å². The van der Waals surface area contributed by atoms with Gasteiger partial charge in [-0.15, -0.1) is 0 Å². The molecule has 96 valence electrons. The van der Waals surface area contributed by atoms with Gasteiger partial charge in [-0.2, -0.15) is 0 Å². The van der Waals surface area contributed by atoms with Gasteiger partial charge in [0.15, 0.2) is 0 Å². The van der Waals surface area contributed by atoms with Crippen molar-refractivity contribution in [3.63, 3.8) is 0 Å². The lowest BCUT2D eigenvalue weighted by Gasteiger charge is -2.10. The number of aryl methyl sites for hydroxylation is 2. The van der Waals surface area contributed by atoms with Crippen molar-refractivity contribution < 1.29 is 0 Å². The summed E-state index contributed by atoms with van der Waals surface area (Å²) in [4.78, 5) is 6.65. The van der Waals surface area contributed by atoms with Crippen molar-refractivity contribution in [3.05, 3.63) is 40.5 Å². The molecule has 0 atom stereocenters. The van der Waals surface area contributed by atoms with Crippen molar-refractivity contribution >= 4 is 22.5 Å². The number of halogens is 1. The molecular formula is C15H19ClN2. The molecule has 0 fully saturated rings. The zero-order valence-electron chi connectivity index (χ0n) is 11.2. The van der Waals surface area contributed by atoms with Gasteiger partial charge in [-0.1, -0.05) is 23.2 Å². The van der Waals surface area contributed by atoms with Gasteiger partial charge in [-0.3, -0.25) is 0 Å². The number of fused-ring (bicyclic) bond motifs is 1. The molecule has 2 nitrogen and oxygen atoms in total. The summed E-state index contributed by atoms with van der Waals surface area (Å²) in [6.07, 6.45) is 2.08. The molecule has 0 spiro atoms. The van der Waals surface area contributed by atoms with Gasteiger partial charge in [-0.05, 0) is 64.2 Å². The number of benzene rings is 1. The topological polar surface area (TPSA) is 16.1 Å². The van der Waals surface area contributed by atoms with Gasteiger partial charge >= 0.3 is 0 Å². The van der Waals surface area contributed by atoms with Crippen LogP contribution < -0.4 is 0 Å². The maximum atomic E-state index is 6.23. The summed E-state index contributed by atoms with van der Waals surface area (Å²) in [6.45, 7) is 3.17. The molecule has 18 heavy (non-hydrogen) atoms. The third kappa shape index (κ3) is 3.21. The van der Waals surface area contributed by atoms with E-state index in [2.05, 4.69) is 49.1 Å². The zero-order valence-corrected chi connectivity index (χ0v) is 12.0. The highest BCUT2D eigenvalue weighted by Crippen LogP contribution is 2.22. The Labute approximate surface area is 114 Å². The Hall–Kier alpha value is -1.12. The summed E-state index contributed by atoms with van der Waals surface area (Å²) < 4.78 is 0. The van der Waals surface area contributed by atoms with E-state index < -0.39 is 0 Å². The standard InChI is InChI=1S/C15H19ClN2/c1-11-6-7-14-13(9-11)10-12(15(16)17-14)5-4-8-18(2)3/h6-7,9-10H,4-5,8H2,1-3H3. The summed E-state index contributed by atoms with van der Waals surface area (Å²) in [7, 11) is 4.17. The van der Waals surface area contributed by atoms with E-state index in [1.54, 1.807) is 0 Å². The Morgan fingerprint density at radius 2 is 2.00 bits per heavy atom. The minimum Gasteiger partial charge on any atom is -0.309 e. The van der Waals surface area contributed by atoms with Gasteiger partial charge < -0.3 is 4.90 Å². The van der Waals surface area contributed by atoms with E-state index in [1.807, 2.05) is 6.07 Å². The second-order valence-electron chi connectivity index (χ2n) is 5.04. The second kappa shape index (κ2) is 5.68. The van der Waals surface area contributed by atoms with Crippen molar-refractivity contribution in [2.75, 3.05) is 20.6 Å². The van der Waals surface area contributed by atoms with Crippen molar-refractivity contribution in [2.45, 2.75) is 19.8 Å².